The van der Waals surface area contributed by atoms with Gasteiger partial charge >= 0.3 is 0 Å². The molecule has 0 aliphatic heterocycles. The van der Waals surface area contributed by atoms with Crippen LogP contribution in [0, 0.1) is 27.9 Å². The molecule has 23 heavy (non-hydrogen) atoms. The molecule has 5 nitrogen and oxygen atoms in total. The van der Waals surface area contributed by atoms with Crippen LogP contribution in [0.2, 0.25) is 0 Å². The summed E-state index contributed by atoms with van der Waals surface area (Å²) in [6.45, 7) is 0. The smallest absolute Gasteiger partial charge is 0.269 e. The first-order valence-electron chi connectivity index (χ1n) is 8.56. The number of benzene rings is 1. The van der Waals surface area contributed by atoms with Gasteiger partial charge in [-0.25, -0.2) is 0 Å². The Morgan fingerprint density at radius 1 is 1.09 bits per heavy atom. The van der Waals surface area contributed by atoms with Crippen molar-refractivity contribution in [3.63, 3.8) is 0 Å². The second-order valence-corrected chi connectivity index (χ2v) is 7.85. The Balaban J connectivity index is 1.41. The van der Waals surface area contributed by atoms with Crippen LogP contribution in [0.3, 0.4) is 0 Å². The molecule has 1 aromatic carbocycles. The Morgan fingerprint density at radius 2 is 1.61 bits per heavy atom. The van der Waals surface area contributed by atoms with Crippen LogP contribution in [-0.4, -0.2) is 16.4 Å². The Bertz CT molecular complexity index is 603. The summed E-state index contributed by atoms with van der Waals surface area (Å²) in [7, 11) is 0. The van der Waals surface area contributed by atoms with Crippen molar-refractivity contribution in [3.05, 3.63) is 39.9 Å². The zero-order valence-electron chi connectivity index (χ0n) is 13.2. The van der Waals surface area contributed by atoms with Crippen LogP contribution in [-0.2, 0) is 11.2 Å². The Kier molecular flexibility index (Phi) is 3.39. The Morgan fingerprint density at radius 3 is 2.09 bits per heavy atom. The summed E-state index contributed by atoms with van der Waals surface area (Å²) < 4.78 is 0. The van der Waals surface area contributed by atoms with E-state index in [2.05, 4.69) is 5.32 Å². The molecule has 1 aromatic rings. The molecule has 5 heteroatoms. The lowest BCUT2D eigenvalue weighted by molar-refractivity contribution is -0.384. The van der Waals surface area contributed by atoms with E-state index in [0.29, 0.717) is 6.42 Å². The van der Waals surface area contributed by atoms with Gasteiger partial charge in [0.25, 0.3) is 5.69 Å². The van der Waals surface area contributed by atoms with Crippen LogP contribution in [0.4, 0.5) is 5.69 Å². The SMILES string of the molecule is O=C(Cc1ccc([N+](=O)[O-])cc1)NC12CC3CC(CC(C3)C1)C2. The van der Waals surface area contributed by atoms with Gasteiger partial charge in [-0.15, -0.1) is 0 Å². The molecule has 4 saturated carbocycles. The third kappa shape index (κ3) is 2.84. The fourth-order valence-electron chi connectivity index (χ4n) is 5.52. The fourth-order valence-corrected chi connectivity index (χ4v) is 5.52. The summed E-state index contributed by atoms with van der Waals surface area (Å²) in [6, 6.07) is 6.29. The van der Waals surface area contributed by atoms with Gasteiger partial charge in [-0.3, -0.25) is 14.9 Å². The Hall–Kier alpha value is -1.91. The van der Waals surface area contributed by atoms with Crippen molar-refractivity contribution < 1.29 is 9.72 Å². The molecule has 4 fully saturated rings. The number of nitrogens with one attached hydrogen (secondary N) is 1. The van der Waals surface area contributed by atoms with Crippen LogP contribution in [0.25, 0.3) is 0 Å². The summed E-state index contributed by atoms with van der Waals surface area (Å²) in [4.78, 5) is 22.7. The molecular formula is C18H22N2O3. The number of non-ortho nitro benzene ring substituents is 1. The average Bonchev–Trinajstić information content (AvgIpc) is 2.45. The van der Waals surface area contributed by atoms with E-state index < -0.39 is 4.92 Å². The molecule has 5 rings (SSSR count). The molecule has 122 valence electrons. The third-order valence-corrected chi connectivity index (χ3v) is 5.95. The number of carbonyl (C=O) groups excluding carboxylic acids is 1. The third-order valence-electron chi connectivity index (χ3n) is 5.95. The van der Waals surface area contributed by atoms with Gasteiger partial charge in [0.15, 0.2) is 0 Å². The van der Waals surface area contributed by atoms with Gasteiger partial charge in [-0.1, -0.05) is 12.1 Å². The maximum atomic E-state index is 12.5. The molecule has 4 aliphatic rings. The van der Waals surface area contributed by atoms with Crippen LogP contribution < -0.4 is 5.32 Å². The number of nitro benzene ring substituents is 1. The molecule has 0 unspecified atom stereocenters. The lowest BCUT2D eigenvalue weighted by Crippen LogP contribution is -2.60. The molecule has 0 spiro atoms. The van der Waals surface area contributed by atoms with E-state index in [1.165, 1.54) is 31.4 Å². The standard InChI is InChI=1S/C18H22N2O3/c21-17(8-12-1-3-16(4-2-12)20(22)23)19-18-9-13-5-14(10-18)7-15(6-13)11-18/h1-4,13-15H,5-11H2,(H,19,21). The average molecular weight is 314 g/mol. The van der Waals surface area contributed by atoms with E-state index in [-0.39, 0.29) is 17.1 Å². The normalized spacial score (nSPS) is 34.3. The first-order valence-corrected chi connectivity index (χ1v) is 8.56. The molecule has 4 bridgehead atoms. The monoisotopic (exact) mass is 314 g/mol. The summed E-state index contributed by atoms with van der Waals surface area (Å²) in [5, 5.41) is 14.0. The molecule has 0 heterocycles. The van der Waals surface area contributed by atoms with Gasteiger partial charge in [0, 0.05) is 17.7 Å². The summed E-state index contributed by atoms with van der Waals surface area (Å²) in [5.74, 6) is 2.48. The van der Waals surface area contributed by atoms with Gasteiger partial charge in [-0.05, 0) is 61.8 Å². The second-order valence-electron chi connectivity index (χ2n) is 7.85. The quantitative estimate of drug-likeness (QED) is 0.685. The zero-order chi connectivity index (χ0) is 16.0. The number of amides is 1. The van der Waals surface area contributed by atoms with E-state index in [1.807, 2.05) is 0 Å². The summed E-state index contributed by atoms with van der Waals surface area (Å²) in [5.41, 5.74) is 0.931. The van der Waals surface area contributed by atoms with Crippen molar-refractivity contribution in [2.75, 3.05) is 0 Å². The summed E-state index contributed by atoms with van der Waals surface area (Å²) >= 11 is 0. The first-order chi connectivity index (χ1) is 11.0. The van der Waals surface area contributed by atoms with Gasteiger partial charge < -0.3 is 5.32 Å². The van der Waals surface area contributed by atoms with Crippen LogP contribution >= 0.6 is 0 Å². The number of nitro groups is 1. The molecule has 0 aromatic heterocycles. The minimum atomic E-state index is -0.417. The highest BCUT2D eigenvalue weighted by molar-refractivity contribution is 5.79. The largest absolute Gasteiger partial charge is 0.350 e. The first kappa shape index (κ1) is 14.7. The Labute approximate surface area is 135 Å². The van der Waals surface area contributed by atoms with E-state index in [9.17, 15) is 14.9 Å². The number of nitrogens with zero attached hydrogens (tertiary/aromatic N) is 1. The van der Waals surface area contributed by atoms with Crippen molar-refractivity contribution >= 4 is 11.6 Å². The van der Waals surface area contributed by atoms with Gasteiger partial charge in [0.2, 0.25) is 5.91 Å². The van der Waals surface area contributed by atoms with Crippen molar-refractivity contribution in [3.8, 4) is 0 Å². The molecular weight excluding hydrogens is 292 g/mol. The van der Waals surface area contributed by atoms with Gasteiger partial charge in [-0.2, -0.15) is 0 Å². The predicted octanol–water partition coefficient (Wildman–Crippen LogP) is 3.22. The number of rotatable bonds is 4. The zero-order valence-corrected chi connectivity index (χ0v) is 13.2. The highest BCUT2D eigenvalue weighted by Gasteiger charge is 2.51. The highest BCUT2D eigenvalue weighted by atomic mass is 16.6. The molecule has 4 aliphatic carbocycles. The van der Waals surface area contributed by atoms with Crippen LogP contribution in [0.15, 0.2) is 24.3 Å². The summed E-state index contributed by atoms with van der Waals surface area (Å²) in [6.07, 6.45) is 7.81. The molecule has 0 radical (unpaired) electrons. The van der Waals surface area contributed by atoms with Crippen molar-refractivity contribution in [2.24, 2.45) is 17.8 Å². The predicted molar refractivity (Wildman–Crippen MR) is 85.8 cm³/mol. The van der Waals surface area contributed by atoms with Crippen molar-refractivity contribution in [1.29, 1.82) is 0 Å². The van der Waals surface area contributed by atoms with Gasteiger partial charge in [0.05, 0.1) is 11.3 Å². The van der Waals surface area contributed by atoms with E-state index in [1.54, 1.807) is 12.1 Å². The molecule has 0 saturated heterocycles. The van der Waals surface area contributed by atoms with E-state index >= 15 is 0 Å². The minimum Gasteiger partial charge on any atom is -0.350 e. The molecule has 1 N–H and O–H groups in total. The lowest BCUT2D eigenvalue weighted by atomic mass is 9.53. The topological polar surface area (TPSA) is 72.2 Å². The second kappa shape index (κ2) is 5.32. The fraction of sp³-hybridized carbons (Fsp3) is 0.611. The van der Waals surface area contributed by atoms with Gasteiger partial charge in [0.1, 0.15) is 0 Å². The van der Waals surface area contributed by atoms with Crippen molar-refractivity contribution in [1.82, 2.24) is 5.32 Å². The van der Waals surface area contributed by atoms with Crippen molar-refractivity contribution in [2.45, 2.75) is 50.5 Å². The lowest BCUT2D eigenvalue weighted by Gasteiger charge is -2.56. The van der Waals surface area contributed by atoms with Crippen LogP contribution in [0.1, 0.15) is 44.1 Å². The van der Waals surface area contributed by atoms with Crippen LogP contribution in [0.5, 0.6) is 0 Å². The van der Waals surface area contributed by atoms with E-state index in [0.717, 1.165) is 42.6 Å². The molecule has 0 atom stereocenters. The number of hydrogen-bond donors (Lipinski definition) is 1. The maximum absolute atomic E-state index is 12.5. The minimum absolute atomic E-state index is 0.0343. The highest BCUT2D eigenvalue weighted by Crippen LogP contribution is 2.55. The number of hydrogen-bond acceptors (Lipinski definition) is 3. The van der Waals surface area contributed by atoms with E-state index in [4.69, 9.17) is 0 Å². The number of carbonyl (C=O) groups is 1. The molecule has 1 amide bonds. The maximum Gasteiger partial charge on any atom is 0.269 e.